The molecule has 12 nitrogen and oxygen atoms in total. The largest absolute Gasteiger partial charge is 0.493 e. The molecular weight excluding hydrogens is 552 g/mol. The second kappa shape index (κ2) is 17.0. The van der Waals surface area contributed by atoms with Crippen molar-refractivity contribution >= 4 is 23.9 Å². The van der Waals surface area contributed by atoms with Crippen molar-refractivity contribution in [3.8, 4) is 5.75 Å². The Balaban J connectivity index is 1.56. The minimum absolute atomic E-state index is 0.236. The summed E-state index contributed by atoms with van der Waals surface area (Å²) in [6.45, 7) is 6.98. The Morgan fingerprint density at radius 1 is 0.762 bits per heavy atom. The lowest BCUT2D eigenvalue weighted by Gasteiger charge is -2.44. The summed E-state index contributed by atoms with van der Waals surface area (Å²) < 4.78 is 44.5. The van der Waals surface area contributed by atoms with E-state index in [0.29, 0.717) is 18.9 Å². The molecule has 0 bridgehead atoms. The molecule has 2 heterocycles. The molecule has 0 aromatic heterocycles. The van der Waals surface area contributed by atoms with Gasteiger partial charge in [0.2, 0.25) is 0 Å². The van der Waals surface area contributed by atoms with E-state index in [2.05, 4.69) is 0 Å². The van der Waals surface area contributed by atoms with Crippen molar-refractivity contribution in [1.82, 2.24) is 0 Å². The van der Waals surface area contributed by atoms with Gasteiger partial charge in [-0.05, 0) is 55.7 Å². The van der Waals surface area contributed by atoms with E-state index in [1.54, 1.807) is 0 Å². The Hall–Kier alpha value is -3.22. The fourth-order valence-corrected chi connectivity index (χ4v) is 4.83. The van der Waals surface area contributed by atoms with Crippen LogP contribution >= 0.6 is 0 Å². The molecular formula is C30H42O12. The van der Waals surface area contributed by atoms with Crippen LogP contribution in [0.1, 0.15) is 58.9 Å². The molecule has 12 heteroatoms. The van der Waals surface area contributed by atoms with E-state index in [1.165, 1.54) is 27.7 Å². The number of rotatable bonds is 14. The van der Waals surface area contributed by atoms with E-state index in [4.69, 9.17) is 37.9 Å². The molecule has 0 radical (unpaired) electrons. The maximum Gasteiger partial charge on any atom is 0.303 e. The standard InChI is InChI=1S/C30H42O12/c1-19(31)37-18-26-27(39-20(2)32)28(40-21(3)33)29(41-22(4)34)30(42-26)36-14-6-5-7-23-8-10-25(11-9-23)38-17-24-12-15-35-16-13-24/h8-11,24,26-30H,5-7,12-18H2,1-4H3/t26-,27-,28+,29-,30-/m1/s1. The van der Waals surface area contributed by atoms with Crippen molar-refractivity contribution in [1.29, 1.82) is 0 Å². The molecule has 1 aromatic carbocycles. The highest BCUT2D eigenvalue weighted by molar-refractivity contribution is 5.68. The van der Waals surface area contributed by atoms with Gasteiger partial charge in [-0.25, -0.2) is 0 Å². The SMILES string of the molecule is CC(=O)OC[C@H]1O[C@@H](OCCCCc2ccc(OCC3CCOCC3)cc2)[C@H](OC(C)=O)[C@@H](OC(C)=O)[C@@H]1OC(C)=O. The van der Waals surface area contributed by atoms with Gasteiger partial charge in [-0.2, -0.15) is 0 Å². The van der Waals surface area contributed by atoms with Crippen LogP contribution in [0.5, 0.6) is 5.75 Å². The Morgan fingerprint density at radius 3 is 2.00 bits per heavy atom. The van der Waals surface area contributed by atoms with E-state index in [0.717, 1.165) is 50.2 Å². The van der Waals surface area contributed by atoms with Gasteiger partial charge >= 0.3 is 23.9 Å². The first-order chi connectivity index (χ1) is 20.1. The number of carbonyl (C=O) groups excluding carboxylic acids is 4. The lowest BCUT2D eigenvalue weighted by Crippen LogP contribution is -2.63. The van der Waals surface area contributed by atoms with Crippen LogP contribution in [0.3, 0.4) is 0 Å². The van der Waals surface area contributed by atoms with E-state index in [9.17, 15) is 19.2 Å². The topological polar surface area (TPSA) is 142 Å². The van der Waals surface area contributed by atoms with Crippen LogP contribution in [0.15, 0.2) is 24.3 Å². The quantitative estimate of drug-likeness (QED) is 0.178. The van der Waals surface area contributed by atoms with E-state index >= 15 is 0 Å². The van der Waals surface area contributed by atoms with Gasteiger partial charge in [-0.3, -0.25) is 19.2 Å². The number of aryl methyl sites for hydroxylation is 1. The average Bonchev–Trinajstić information content (AvgIpc) is 2.94. The van der Waals surface area contributed by atoms with Crippen LogP contribution in [0, 0.1) is 5.92 Å². The van der Waals surface area contributed by atoms with Crippen molar-refractivity contribution in [2.75, 3.05) is 33.0 Å². The van der Waals surface area contributed by atoms with Gasteiger partial charge in [0, 0.05) is 47.5 Å². The molecule has 0 N–H and O–H groups in total. The second-order valence-corrected chi connectivity index (χ2v) is 10.4. The molecule has 0 saturated carbocycles. The van der Waals surface area contributed by atoms with Crippen molar-refractivity contribution in [3.05, 3.63) is 29.8 Å². The third-order valence-corrected chi connectivity index (χ3v) is 6.84. The van der Waals surface area contributed by atoms with Crippen LogP contribution in [0.2, 0.25) is 0 Å². The number of esters is 4. The molecule has 1 aromatic rings. The third kappa shape index (κ3) is 11.2. The maximum atomic E-state index is 11.9. The molecule has 3 rings (SSSR count). The summed E-state index contributed by atoms with van der Waals surface area (Å²) in [5.74, 6) is -1.26. The molecule has 2 aliphatic heterocycles. The van der Waals surface area contributed by atoms with Crippen LogP contribution in [-0.4, -0.2) is 87.6 Å². The first kappa shape index (κ1) is 33.3. The first-order valence-corrected chi connectivity index (χ1v) is 14.3. The summed E-state index contributed by atoms with van der Waals surface area (Å²) in [5.41, 5.74) is 1.15. The Kier molecular flexibility index (Phi) is 13.5. The molecule has 0 amide bonds. The zero-order valence-electron chi connectivity index (χ0n) is 24.7. The summed E-state index contributed by atoms with van der Waals surface area (Å²) in [7, 11) is 0. The smallest absolute Gasteiger partial charge is 0.303 e. The lowest BCUT2D eigenvalue weighted by atomic mass is 9.98. The Morgan fingerprint density at radius 2 is 1.38 bits per heavy atom. The molecule has 5 atom stereocenters. The molecule has 42 heavy (non-hydrogen) atoms. The van der Waals surface area contributed by atoms with Crippen molar-refractivity contribution in [2.24, 2.45) is 5.92 Å². The summed E-state index contributed by atoms with van der Waals surface area (Å²) in [6, 6.07) is 8.03. The highest BCUT2D eigenvalue weighted by Gasteiger charge is 2.52. The second-order valence-electron chi connectivity index (χ2n) is 10.4. The highest BCUT2D eigenvalue weighted by atomic mass is 16.7. The van der Waals surface area contributed by atoms with Crippen LogP contribution < -0.4 is 4.74 Å². The predicted octanol–water partition coefficient (Wildman–Crippen LogP) is 2.91. The number of hydrogen-bond acceptors (Lipinski definition) is 12. The number of ether oxygens (including phenoxy) is 8. The minimum Gasteiger partial charge on any atom is -0.493 e. The fraction of sp³-hybridized carbons (Fsp3) is 0.667. The average molecular weight is 595 g/mol. The monoisotopic (exact) mass is 594 g/mol. The molecule has 0 unspecified atom stereocenters. The molecule has 0 aliphatic carbocycles. The predicted molar refractivity (Wildman–Crippen MR) is 146 cm³/mol. The van der Waals surface area contributed by atoms with Crippen molar-refractivity contribution < 1.29 is 57.1 Å². The zero-order chi connectivity index (χ0) is 30.5. The van der Waals surface area contributed by atoms with Crippen LogP contribution in [0.4, 0.5) is 0 Å². The van der Waals surface area contributed by atoms with Gasteiger partial charge in [0.25, 0.3) is 0 Å². The molecule has 2 saturated heterocycles. The van der Waals surface area contributed by atoms with Crippen LogP contribution in [0.25, 0.3) is 0 Å². The summed E-state index contributed by atoms with van der Waals surface area (Å²) in [4.78, 5) is 47.2. The number of hydrogen-bond donors (Lipinski definition) is 0. The van der Waals surface area contributed by atoms with Gasteiger partial charge in [0.1, 0.15) is 18.5 Å². The third-order valence-electron chi connectivity index (χ3n) is 6.84. The number of unbranched alkanes of at least 4 members (excludes halogenated alkanes) is 1. The highest BCUT2D eigenvalue weighted by Crippen LogP contribution is 2.30. The Bertz CT molecular complexity index is 1020. The maximum absolute atomic E-state index is 11.9. The zero-order valence-corrected chi connectivity index (χ0v) is 24.7. The van der Waals surface area contributed by atoms with Gasteiger partial charge in [0.05, 0.1) is 6.61 Å². The van der Waals surface area contributed by atoms with E-state index in [1.807, 2.05) is 24.3 Å². The molecule has 234 valence electrons. The van der Waals surface area contributed by atoms with Gasteiger partial charge < -0.3 is 37.9 Å². The fourth-order valence-electron chi connectivity index (χ4n) is 4.83. The number of benzene rings is 1. The Labute approximate surface area is 246 Å². The van der Waals surface area contributed by atoms with Crippen LogP contribution in [-0.2, 0) is 58.8 Å². The van der Waals surface area contributed by atoms with Gasteiger partial charge in [-0.1, -0.05) is 12.1 Å². The summed E-state index contributed by atoms with van der Waals surface area (Å²) in [5, 5.41) is 0. The van der Waals surface area contributed by atoms with E-state index in [-0.39, 0.29) is 13.2 Å². The van der Waals surface area contributed by atoms with Gasteiger partial charge in [-0.15, -0.1) is 0 Å². The number of carbonyl (C=O) groups is 4. The van der Waals surface area contributed by atoms with Gasteiger partial charge in [0.15, 0.2) is 24.6 Å². The van der Waals surface area contributed by atoms with Crippen molar-refractivity contribution in [2.45, 2.75) is 90.5 Å². The minimum atomic E-state index is -1.25. The molecule has 0 spiro atoms. The summed E-state index contributed by atoms with van der Waals surface area (Å²) >= 11 is 0. The normalized spacial score (nSPS) is 24.3. The molecule has 2 aliphatic rings. The van der Waals surface area contributed by atoms with Crippen molar-refractivity contribution in [3.63, 3.8) is 0 Å². The first-order valence-electron chi connectivity index (χ1n) is 14.3. The van der Waals surface area contributed by atoms with E-state index < -0.39 is 54.6 Å². The molecule has 2 fully saturated rings. The summed E-state index contributed by atoms with van der Waals surface area (Å²) in [6.07, 6.45) is -1.58. The lowest BCUT2D eigenvalue weighted by molar-refractivity contribution is -0.308.